The van der Waals surface area contributed by atoms with E-state index in [2.05, 4.69) is 50.3 Å². The first kappa shape index (κ1) is 46.1. The number of aliphatic hydroxyl groups excluding tert-OH is 1. The molecule has 0 amide bonds. The molecule has 0 aromatic rings. The molecule has 0 aliphatic rings. The van der Waals surface area contributed by atoms with Crippen LogP contribution in [0, 0.1) is 0 Å². The molecular formula is C43H78O5. The second-order valence-electron chi connectivity index (χ2n) is 13.7. The van der Waals surface area contributed by atoms with Crippen molar-refractivity contribution in [3.63, 3.8) is 0 Å². The predicted molar refractivity (Wildman–Crippen MR) is 205 cm³/mol. The van der Waals surface area contributed by atoms with Crippen molar-refractivity contribution < 1.29 is 24.2 Å². The van der Waals surface area contributed by atoms with Gasteiger partial charge in [0.15, 0.2) is 6.10 Å². The molecule has 0 aliphatic heterocycles. The van der Waals surface area contributed by atoms with Crippen LogP contribution in [-0.2, 0) is 19.1 Å². The van der Waals surface area contributed by atoms with Crippen LogP contribution in [0.15, 0.2) is 36.5 Å². The van der Waals surface area contributed by atoms with Crippen LogP contribution in [0.4, 0.5) is 0 Å². The van der Waals surface area contributed by atoms with Gasteiger partial charge in [-0.15, -0.1) is 0 Å². The van der Waals surface area contributed by atoms with Gasteiger partial charge in [-0.2, -0.15) is 0 Å². The van der Waals surface area contributed by atoms with Crippen molar-refractivity contribution in [2.24, 2.45) is 0 Å². The van der Waals surface area contributed by atoms with Gasteiger partial charge in [-0.05, 0) is 51.4 Å². The molecule has 0 saturated carbocycles. The summed E-state index contributed by atoms with van der Waals surface area (Å²) in [5, 5.41) is 9.50. The number of hydrogen-bond donors (Lipinski definition) is 1. The molecule has 1 unspecified atom stereocenters. The summed E-state index contributed by atoms with van der Waals surface area (Å²) in [5.41, 5.74) is 0. The first-order chi connectivity index (χ1) is 23.6. The van der Waals surface area contributed by atoms with Crippen molar-refractivity contribution in [3.8, 4) is 0 Å². The van der Waals surface area contributed by atoms with E-state index >= 15 is 0 Å². The minimum atomic E-state index is -0.767. The fourth-order valence-corrected chi connectivity index (χ4v) is 5.80. The van der Waals surface area contributed by atoms with E-state index in [-0.39, 0.29) is 25.2 Å². The molecule has 5 nitrogen and oxygen atoms in total. The van der Waals surface area contributed by atoms with Crippen LogP contribution in [0.2, 0.25) is 0 Å². The van der Waals surface area contributed by atoms with Gasteiger partial charge in [-0.1, -0.05) is 179 Å². The topological polar surface area (TPSA) is 72.8 Å². The molecule has 1 N–H and O–H groups in total. The summed E-state index contributed by atoms with van der Waals surface area (Å²) in [6.07, 6.45) is 48.1. The molecule has 0 fully saturated rings. The number of aliphatic hydroxyl groups is 1. The zero-order valence-corrected chi connectivity index (χ0v) is 31.7. The predicted octanol–water partition coefficient (Wildman–Crippen LogP) is 12.8. The largest absolute Gasteiger partial charge is 0.462 e. The zero-order valence-electron chi connectivity index (χ0n) is 31.7. The second-order valence-corrected chi connectivity index (χ2v) is 13.7. The highest BCUT2D eigenvalue weighted by Crippen LogP contribution is 2.14. The third-order valence-corrected chi connectivity index (χ3v) is 8.94. The lowest BCUT2D eigenvalue weighted by molar-refractivity contribution is -0.161. The number of ether oxygens (including phenoxy) is 2. The first-order valence-corrected chi connectivity index (χ1v) is 20.5. The number of hydrogen-bond acceptors (Lipinski definition) is 5. The molecule has 280 valence electrons. The maximum atomic E-state index is 12.1. The van der Waals surface area contributed by atoms with Crippen molar-refractivity contribution in [2.45, 2.75) is 213 Å². The minimum Gasteiger partial charge on any atom is -0.462 e. The summed E-state index contributed by atoms with van der Waals surface area (Å²) in [5.74, 6) is -0.596. The fraction of sp³-hybridized carbons (Fsp3) is 0.814. The highest BCUT2D eigenvalue weighted by molar-refractivity contribution is 5.70. The Morgan fingerprint density at radius 1 is 0.479 bits per heavy atom. The Hall–Kier alpha value is -1.88. The Kier molecular flexibility index (Phi) is 38.0. The van der Waals surface area contributed by atoms with E-state index in [0.717, 1.165) is 51.4 Å². The van der Waals surface area contributed by atoms with Crippen molar-refractivity contribution in [2.75, 3.05) is 13.2 Å². The fourth-order valence-electron chi connectivity index (χ4n) is 5.80. The molecule has 0 bridgehead atoms. The Labute approximate surface area is 297 Å². The molecular weight excluding hydrogens is 596 g/mol. The van der Waals surface area contributed by atoms with Crippen molar-refractivity contribution >= 4 is 11.9 Å². The monoisotopic (exact) mass is 675 g/mol. The zero-order chi connectivity index (χ0) is 35.0. The Balaban J connectivity index is 3.47. The quantitative estimate of drug-likeness (QED) is 0.0403. The normalized spacial score (nSPS) is 12.5. The molecule has 0 spiro atoms. The Morgan fingerprint density at radius 3 is 1.25 bits per heavy atom. The molecule has 0 heterocycles. The van der Waals surface area contributed by atoms with Gasteiger partial charge in [0.05, 0.1) is 6.61 Å². The van der Waals surface area contributed by atoms with Crippen molar-refractivity contribution in [1.82, 2.24) is 0 Å². The molecule has 1 atom stereocenters. The van der Waals surface area contributed by atoms with Crippen LogP contribution >= 0.6 is 0 Å². The van der Waals surface area contributed by atoms with E-state index in [0.29, 0.717) is 12.8 Å². The number of carbonyl (C=O) groups excluding carboxylic acids is 2. The smallest absolute Gasteiger partial charge is 0.306 e. The average molecular weight is 675 g/mol. The summed E-state index contributed by atoms with van der Waals surface area (Å²) in [6, 6.07) is 0. The SMILES string of the molecule is CCCCCCC/C=C\C/C=C\C/C=C\CCCCCCCCCCCCCCC(=O)OC(CO)COC(=O)CCCCCCCCC. The second kappa shape index (κ2) is 39.6. The average Bonchev–Trinajstić information content (AvgIpc) is 3.09. The van der Waals surface area contributed by atoms with Gasteiger partial charge in [0.1, 0.15) is 6.61 Å². The van der Waals surface area contributed by atoms with Crippen LogP contribution in [0.25, 0.3) is 0 Å². The summed E-state index contributed by atoms with van der Waals surface area (Å²) in [6.45, 7) is 4.08. The van der Waals surface area contributed by atoms with E-state index in [1.54, 1.807) is 0 Å². The molecule has 0 aromatic carbocycles. The van der Waals surface area contributed by atoms with Gasteiger partial charge in [-0.3, -0.25) is 9.59 Å². The van der Waals surface area contributed by atoms with E-state index in [9.17, 15) is 14.7 Å². The Bertz CT molecular complexity index is 771. The van der Waals surface area contributed by atoms with Gasteiger partial charge in [0.2, 0.25) is 0 Å². The molecule has 0 aliphatic carbocycles. The molecule has 0 saturated heterocycles. The number of esters is 2. The standard InChI is InChI=1S/C43H78O5/c1-3-5-7-9-11-12-13-14-15-16-17-18-19-20-21-22-23-24-25-26-27-28-29-30-32-34-36-38-43(46)48-41(39-44)40-47-42(45)37-35-33-31-10-8-6-4-2/h13-14,16-17,19-20,41,44H,3-12,15,18,21-40H2,1-2H3/b14-13-,17-16-,20-19-. The van der Waals surface area contributed by atoms with Crippen LogP contribution in [0.1, 0.15) is 206 Å². The van der Waals surface area contributed by atoms with Crippen LogP contribution in [0.5, 0.6) is 0 Å². The Morgan fingerprint density at radius 2 is 0.833 bits per heavy atom. The van der Waals surface area contributed by atoms with Crippen LogP contribution in [0.3, 0.4) is 0 Å². The van der Waals surface area contributed by atoms with E-state index in [1.807, 2.05) is 0 Å². The molecule has 0 aromatic heterocycles. The van der Waals surface area contributed by atoms with Crippen LogP contribution in [-0.4, -0.2) is 36.4 Å². The lowest BCUT2D eigenvalue weighted by atomic mass is 10.0. The van der Waals surface area contributed by atoms with Gasteiger partial charge >= 0.3 is 11.9 Å². The maximum absolute atomic E-state index is 12.1. The molecule has 0 rings (SSSR count). The van der Waals surface area contributed by atoms with Gasteiger partial charge in [0, 0.05) is 12.8 Å². The first-order valence-electron chi connectivity index (χ1n) is 20.5. The number of allylic oxidation sites excluding steroid dienone is 6. The molecule has 5 heteroatoms. The number of unbranched alkanes of at least 4 members (excludes halogenated alkanes) is 23. The summed E-state index contributed by atoms with van der Waals surface area (Å²) in [7, 11) is 0. The summed E-state index contributed by atoms with van der Waals surface area (Å²) >= 11 is 0. The maximum Gasteiger partial charge on any atom is 0.306 e. The van der Waals surface area contributed by atoms with Crippen molar-refractivity contribution in [1.29, 1.82) is 0 Å². The highest BCUT2D eigenvalue weighted by atomic mass is 16.6. The third-order valence-electron chi connectivity index (χ3n) is 8.94. The van der Waals surface area contributed by atoms with Gasteiger partial charge < -0.3 is 14.6 Å². The van der Waals surface area contributed by atoms with E-state index < -0.39 is 6.10 Å². The molecule has 0 radical (unpaired) electrons. The highest BCUT2D eigenvalue weighted by Gasteiger charge is 2.16. The lowest BCUT2D eigenvalue weighted by Crippen LogP contribution is -2.28. The van der Waals surface area contributed by atoms with E-state index in [4.69, 9.17) is 9.47 Å². The lowest BCUT2D eigenvalue weighted by Gasteiger charge is -2.15. The van der Waals surface area contributed by atoms with E-state index in [1.165, 1.54) is 128 Å². The number of rotatable bonds is 37. The molecule has 48 heavy (non-hydrogen) atoms. The summed E-state index contributed by atoms with van der Waals surface area (Å²) < 4.78 is 10.5. The van der Waals surface area contributed by atoms with Crippen LogP contribution < -0.4 is 0 Å². The van der Waals surface area contributed by atoms with Crippen molar-refractivity contribution in [3.05, 3.63) is 36.5 Å². The number of carbonyl (C=O) groups is 2. The van der Waals surface area contributed by atoms with Gasteiger partial charge in [-0.25, -0.2) is 0 Å². The third kappa shape index (κ3) is 36.9. The van der Waals surface area contributed by atoms with Gasteiger partial charge in [0.25, 0.3) is 0 Å². The minimum absolute atomic E-state index is 0.0646. The summed E-state index contributed by atoms with van der Waals surface area (Å²) in [4.78, 5) is 24.1.